The SMILES string of the molecule is CC.COCC(=O)Cn1nc(C)c(C(C)C)c1C. The van der Waals surface area contributed by atoms with Crippen LogP contribution in [-0.4, -0.2) is 29.3 Å². The van der Waals surface area contributed by atoms with Crippen LogP contribution in [-0.2, 0) is 16.1 Å². The number of aromatic nitrogens is 2. The zero-order valence-electron chi connectivity index (χ0n) is 12.7. The highest BCUT2D eigenvalue weighted by Gasteiger charge is 2.15. The third-order valence-corrected chi connectivity index (χ3v) is 2.65. The molecular formula is C14H26N2O2. The first-order valence-corrected chi connectivity index (χ1v) is 6.51. The molecule has 0 aliphatic rings. The number of rotatable bonds is 5. The topological polar surface area (TPSA) is 44.1 Å². The highest BCUT2D eigenvalue weighted by molar-refractivity contribution is 5.79. The molecule has 0 aromatic carbocycles. The molecule has 0 bridgehead atoms. The summed E-state index contributed by atoms with van der Waals surface area (Å²) in [7, 11) is 1.53. The Morgan fingerprint density at radius 3 is 2.28 bits per heavy atom. The van der Waals surface area contributed by atoms with E-state index in [-0.39, 0.29) is 12.4 Å². The van der Waals surface area contributed by atoms with Crippen molar-refractivity contribution in [1.29, 1.82) is 0 Å². The molecule has 0 N–H and O–H groups in total. The smallest absolute Gasteiger partial charge is 0.179 e. The van der Waals surface area contributed by atoms with Gasteiger partial charge in [0.1, 0.15) is 13.2 Å². The first-order chi connectivity index (χ1) is 8.47. The molecule has 0 aliphatic carbocycles. The fraction of sp³-hybridized carbons (Fsp3) is 0.714. The van der Waals surface area contributed by atoms with Crippen molar-refractivity contribution >= 4 is 5.78 Å². The fourth-order valence-electron chi connectivity index (χ4n) is 2.07. The van der Waals surface area contributed by atoms with Gasteiger partial charge in [0.25, 0.3) is 0 Å². The van der Waals surface area contributed by atoms with Crippen LogP contribution < -0.4 is 0 Å². The second-order valence-corrected chi connectivity index (χ2v) is 4.37. The lowest BCUT2D eigenvalue weighted by Crippen LogP contribution is -2.17. The van der Waals surface area contributed by atoms with Crippen LogP contribution >= 0.6 is 0 Å². The van der Waals surface area contributed by atoms with Gasteiger partial charge in [-0.1, -0.05) is 27.7 Å². The molecule has 0 saturated carbocycles. The summed E-state index contributed by atoms with van der Waals surface area (Å²) >= 11 is 0. The number of ketones is 1. The summed E-state index contributed by atoms with van der Waals surface area (Å²) in [5.41, 5.74) is 3.33. The summed E-state index contributed by atoms with van der Waals surface area (Å²) in [6.45, 7) is 12.7. The van der Waals surface area contributed by atoms with Crippen molar-refractivity contribution in [3.8, 4) is 0 Å². The molecule has 104 valence electrons. The Balaban J connectivity index is 0.00000137. The van der Waals surface area contributed by atoms with Crippen LogP contribution in [0.1, 0.15) is 50.6 Å². The van der Waals surface area contributed by atoms with Gasteiger partial charge in [0.05, 0.1) is 5.69 Å². The molecule has 0 atom stereocenters. The Hall–Kier alpha value is -1.16. The van der Waals surface area contributed by atoms with Crippen molar-refractivity contribution < 1.29 is 9.53 Å². The van der Waals surface area contributed by atoms with Gasteiger partial charge >= 0.3 is 0 Å². The number of Topliss-reactive ketones (excluding diaryl/α,β-unsaturated/α-hetero) is 1. The van der Waals surface area contributed by atoms with Crippen LogP contribution in [0.4, 0.5) is 0 Å². The summed E-state index contributed by atoms with van der Waals surface area (Å²) < 4.78 is 6.58. The van der Waals surface area contributed by atoms with Crippen molar-refractivity contribution in [3.05, 3.63) is 17.0 Å². The minimum absolute atomic E-state index is 0.0448. The first kappa shape index (κ1) is 16.8. The first-order valence-electron chi connectivity index (χ1n) is 6.51. The van der Waals surface area contributed by atoms with Gasteiger partial charge in [-0.2, -0.15) is 5.10 Å². The number of ether oxygens (including phenoxy) is 1. The largest absolute Gasteiger partial charge is 0.377 e. The standard InChI is InChI=1S/C12H20N2O2.C2H6/c1-8(2)12-9(3)13-14(10(12)4)6-11(15)7-16-5;1-2/h8H,6-7H2,1-5H3;1-2H3. The van der Waals surface area contributed by atoms with E-state index in [1.807, 2.05) is 27.7 Å². The Morgan fingerprint density at radius 2 is 1.89 bits per heavy atom. The molecule has 0 saturated heterocycles. The fourth-order valence-corrected chi connectivity index (χ4v) is 2.07. The van der Waals surface area contributed by atoms with Gasteiger partial charge in [0.15, 0.2) is 5.78 Å². The number of carbonyl (C=O) groups excluding carboxylic acids is 1. The van der Waals surface area contributed by atoms with Gasteiger partial charge in [-0.25, -0.2) is 0 Å². The average molecular weight is 254 g/mol. The molecule has 1 heterocycles. The third kappa shape index (κ3) is 4.26. The number of hydrogen-bond donors (Lipinski definition) is 0. The van der Waals surface area contributed by atoms with E-state index in [0.717, 1.165) is 11.4 Å². The molecule has 0 fully saturated rings. The maximum Gasteiger partial charge on any atom is 0.179 e. The van der Waals surface area contributed by atoms with E-state index in [1.54, 1.807) is 4.68 Å². The minimum atomic E-state index is 0.0448. The molecule has 18 heavy (non-hydrogen) atoms. The van der Waals surface area contributed by atoms with E-state index in [2.05, 4.69) is 18.9 Å². The van der Waals surface area contributed by atoms with Crippen molar-refractivity contribution in [2.75, 3.05) is 13.7 Å². The van der Waals surface area contributed by atoms with Gasteiger partial charge < -0.3 is 4.74 Å². The van der Waals surface area contributed by atoms with Crippen LogP contribution in [0.25, 0.3) is 0 Å². The van der Waals surface area contributed by atoms with E-state index in [1.165, 1.54) is 12.7 Å². The third-order valence-electron chi connectivity index (χ3n) is 2.65. The second-order valence-electron chi connectivity index (χ2n) is 4.37. The van der Waals surface area contributed by atoms with Gasteiger partial charge in [0, 0.05) is 12.8 Å². The number of methoxy groups -OCH3 is 1. The van der Waals surface area contributed by atoms with E-state index in [0.29, 0.717) is 12.5 Å². The molecule has 0 unspecified atom stereocenters. The lowest BCUT2D eigenvalue weighted by Gasteiger charge is -2.06. The van der Waals surface area contributed by atoms with E-state index in [9.17, 15) is 4.79 Å². The predicted molar refractivity (Wildman–Crippen MR) is 74.0 cm³/mol. The minimum Gasteiger partial charge on any atom is -0.377 e. The predicted octanol–water partition coefficient (Wildman–Crippen LogP) is 2.87. The summed E-state index contributed by atoms with van der Waals surface area (Å²) in [6.07, 6.45) is 0. The highest BCUT2D eigenvalue weighted by Crippen LogP contribution is 2.22. The number of nitrogens with zero attached hydrogens (tertiary/aromatic N) is 2. The van der Waals surface area contributed by atoms with Gasteiger partial charge in [-0.05, 0) is 25.3 Å². The Kier molecular flexibility index (Phi) is 7.51. The molecule has 1 rings (SSSR count). The summed E-state index contributed by atoms with van der Waals surface area (Å²) in [5, 5.41) is 4.39. The Morgan fingerprint density at radius 1 is 1.33 bits per heavy atom. The van der Waals surface area contributed by atoms with Crippen molar-refractivity contribution in [2.24, 2.45) is 0 Å². The lowest BCUT2D eigenvalue weighted by atomic mass is 10.0. The maximum atomic E-state index is 11.5. The zero-order chi connectivity index (χ0) is 14.3. The molecule has 4 heteroatoms. The Bertz CT molecular complexity index is 381. The van der Waals surface area contributed by atoms with Gasteiger partial charge in [-0.15, -0.1) is 0 Å². The van der Waals surface area contributed by atoms with Crippen molar-refractivity contribution in [3.63, 3.8) is 0 Å². The average Bonchev–Trinajstić information content (AvgIpc) is 2.57. The van der Waals surface area contributed by atoms with E-state index >= 15 is 0 Å². The molecular weight excluding hydrogens is 228 g/mol. The van der Waals surface area contributed by atoms with Crippen LogP contribution in [0, 0.1) is 13.8 Å². The molecule has 0 spiro atoms. The highest BCUT2D eigenvalue weighted by atomic mass is 16.5. The normalized spacial score (nSPS) is 10.2. The lowest BCUT2D eigenvalue weighted by molar-refractivity contribution is -0.123. The molecule has 0 radical (unpaired) electrons. The molecule has 0 aliphatic heterocycles. The van der Waals surface area contributed by atoms with Gasteiger partial charge in [0.2, 0.25) is 0 Å². The van der Waals surface area contributed by atoms with E-state index < -0.39 is 0 Å². The molecule has 1 aromatic rings. The summed E-state index contributed by atoms with van der Waals surface area (Å²) in [4.78, 5) is 11.5. The quantitative estimate of drug-likeness (QED) is 0.811. The van der Waals surface area contributed by atoms with Crippen LogP contribution in [0.3, 0.4) is 0 Å². The number of carbonyl (C=O) groups is 1. The van der Waals surface area contributed by atoms with E-state index in [4.69, 9.17) is 4.74 Å². The number of aryl methyl sites for hydroxylation is 1. The second kappa shape index (κ2) is 8.03. The zero-order valence-corrected chi connectivity index (χ0v) is 12.7. The Labute approximate surface area is 110 Å². The van der Waals surface area contributed by atoms with Crippen LogP contribution in [0.5, 0.6) is 0 Å². The summed E-state index contributed by atoms with van der Waals surface area (Å²) in [5.74, 6) is 0.481. The maximum absolute atomic E-state index is 11.5. The van der Waals surface area contributed by atoms with Crippen molar-refractivity contribution in [1.82, 2.24) is 9.78 Å². The molecule has 4 nitrogen and oxygen atoms in total. The number of hydrogen-bond acceptors (Lipinski definition) is 3. The van der Waals surface area contributed by atoms with Gasteiger partial charge in [-0.3, -0.25) is 9.48 Å². The van der Waals surface area contributed by atoms with Crippen molar-refractivity contribution in [2.45, 2.75) is 54.0 Å². The van der Waals surface area contributed by atoms with Crippen LogP contribution in [0.15, 0.2) is 0 Å². The van der Waals surface area contributed by atoms with Crippen LogP contribution in [0.2, 0.25) is 0 Å². The molecule has 1 aromatic heterocycles. The summed E-state index contributed by atoms with van der Waals surface area (Å²) in [6, 6.07) is 0. The molecule has 0 amide bonds. The monoisotopic (exact) mass is 254 g/mol.